The molecule has 0 radical (unpaired) electrons. The molecule has 1 aliphatic rings. The van der Waals surface area contributed by atoms with Crippen LogP contribution >= 0.6 is 11.6 Å². The highest BCUT2D eigenvalue weighted by Crippen LogP contribution is 2.28. The Bertz CT molecular complexity index is 571. The van der Waals surface area contributed by atoms with Crippen molar-refractivity contribution in [3.8, 4) is 0 Å². The van der Waals surface area contributed by atoms with E-state index in [-0.39, 0.29) is 10.8 Å². The van der Waals surface area contributed by atoms with E-state index in [4.69, 9.17) is 11.6 Å². The highest BCUT2D eigenvalue weighted by molar-refractivity contribution is 7.89. The third-order valence-electron chi connectivity index (χ3n) is 3.85. The van der Waals surface area contributed by atoms with E-state index in [0.29, 0.717) is 18.0 Å². The van der Waals surface area contributed by atoms with Gasteiger partial charge in [0.05, 0.1) is 4.90 Å². The Labute approximate surface area is 124 Å². The second kappa shape index (κ2) is 6.41. The minimum Gasteiger partial charge on any atom is -0.207 e. The topological polar surface area (TPSA) is 37.4 Å². The predicted octanol–water partition coefficient (Wildman–Crippen LogP) is 3.38. The summed E-state index contributed by atoms with van der Waals surface area (Å²) >= 11 is 5.76. The van der Waals surface area contributed by atoms with Gasteiger partial charge in [-0.25, -0.2) is 17.1 Å². The van der Waals surface area contributed by atoms with E-state index in [0.717, 1.165) is 31.7 Å². The fourth-order valence-electron chi connectivity index (χ4n) is 2.70. The Morgan fingerprint density at radius 3 is 2.60 bits per heavy atom. The van der Waals surface area contributed by atoms with Crippen molar-refractivity contribution in [1.82, 2.24) is 4.31 Å². The summed E-state index contributed by atoms with van der Waals surface area (Å²) in [6.07, 6.45) is 4.44. The van der Waals surface area contributed by atoms with Crippen molar-refractivity contribution in [1.29, 1.82) is 0 Å². The summed E-state index contributed by atoms with van der Waals surface area (Å²) < 4.78 is 39.8. The van der Waals surface area contributed by atoms with Gasteiger partial charge in [0.1, 0.15) is 5.82 Å². The Morgan fingerprint density at radius 1 is 1.35 bits per heavy atom. The van der Waals surface area contributed by atoms with Crippen LogP contribution in [0.5, 0.6) is 0 Å². The molecule has 0 amide bonds. The third-order valence-corrected chi connectivity index (χ3v) is 6.04. The smallest absolute Gasteiger partial charge is 0.207 e. The number of rotatable bonds is 5. The first-order valence-electron chi connectivity index (χ1n) is 6.76. The number of halogens is 2. The van der Waals surface area contributed by atoms with E-state index in [2.05, 4.69) is 0 Å². The third kappa shape index (κ3) is 3.32. The minimum atomic E-state index is -3.68. The average Bonchev–Trinajstić information content (AvgIpc) is 2.91. The number of hydrogen-bond donors (Lipinski definition) is 0. The Kier molecular flexibility index (Phi) is 5.04. The maximum absolute atomic E-state index is 13.4. The van der Waals surface area contributed by atoms with Crippen LogP contribution in [-0.4, -0.2) is 26.3 Å². The summed E-state index contributed by atoms with van der Waals surface area (Å²) in [5, 5.41) is 0. The largest absolute Gasteiger partial charge is 0.243 e. The zero-order valence-electron chi connectivity index (χ0n) is 11.5. The van der Waals surface area contributed by atoms with Crippen molar-refractivity contribution in [2.45, 2.75) is 36.5 Å². The van der Waals surface area contributed by atoms with E-state index >= 15 is 0 Å². The summed E-state index contributed by atoms with van der Waals surface area (Å²) in [5.41, 5.74) is 0.436. The molecule has 0 atom stereocenters. The van der Waals surface area contributed by atoms with Crippen LogP contribution in [0.25, 0.3) is 0 Å². The SMILES string of the molecule is CN(CC1CCCC1)S(=O)(=O)c1cc(F)ccc1CCl. The first-order chi connectivity index (χ1) is 9.45. The summed E-state index contributed by atoms with van der Waals surface area (Å²) in [6.45, 7) is 0.487. The second-order valence-electron chi connectivity index (χ2n) is 5.32. The number of sulfonamides is 1. The van der Waals surface area contributed by atoms with Crippen LogP contribution in [0.4, 0.5) is 4.39 Å². The molecule has 3 nitrogen and oxygen atoms in total. The summed E-state index contributed by atoms with van der Waals surface area (Å²) in [7, 11) is -2.13. The summed E-state index contributed by atoms with van der Waals surface area (Å²) in [6, 6.07) is 3.71. The number of alkyl halides is 1. The van der Waals surface area contributed by atoms with Gasteiger partial charge < -0.3 is 0 Å². The van der Waals surface area contributed by atoms with E-state index in [1.807, 2.05) is 0 Å². The number of hydrogen-bond acceptors (Lipinski definition) is 2. The lowest BCUT2D eigenvalue weighted by Gasteiger charge is -2.22. The minimum absolute atomic E-state index is 0.0204. The molecule has 0 spiro atoms. The van der Waals surface area contributed by atoms with Gasteiger partial charge in [0.2, 0.25) is 10.0 Å². The molecule has 0 aromatic heterocycles. The fourth-order valence-corrected chi connectivity index (χ4v) is 4.49. The molecule has 0 unspecified atom stereocenters. The van der Waals surface area contributed by atoms with Crippen LogP contribution in [0.3, 0.4) is 0 Å². The lowest BCUT2D eigenvalue weighted by Crippen LogP contribution is -2.31. The zero-order valence-corrected chi connectivity index (χ0v) is 13.1. The Hall–Kier alpha value is -0.650. The van der Waals surface area contributed by atoms with Crippen LogP contribution in [0.2, 0.25) is 0 Å². The lowest BCUT2D eigenvalue weighted by molar-refractivity contribution is 0.387. The lowest BCUT2D eigenvalue weighted by atomic mass is 10.1. The maximum atomic E-state index is 13.4. The van der Waals surface area contributed by atoms with Crippen molar-refractivity contribution < 1.29 is 12.8 Å². The maximum Gasteiger partial charge on any atom is 0.243 e. The van der Waals surface area contributed by atoms with Gasteiger partial charge in [0.25, 0.3) is 0 Å². The molecule has 1 saturated carbocycles. The van der Waals surface area contributed by atoms with Gasteiger partial charge in [-0.15, -0.1) is 11.6 Å². The fraction of sp³-hybridized carbons (Fsp3) is 0.571. The first-order valence-corrected chi connectivity index (χ1v) is 8.73. The zero-order chi connectivity index (χ0) is 14.8. The van der Waals surface area contributed by atoms with Crippen LogP contribution in [0.1, 0.15) is 31.2 Å². The quantitative estimate of drug-likeness (QED) is 0.780. The first kappa shape index (κ1) is 15.7. The molecule has 1 aromatic carbocycles. The molecule has 1 fully saturated rings. The molecule has 6 heteroatoms. The van der Waals surface area contributed by atoms with Gasteiger partial charge in [-0.2, -0.15) is 0 Å². The normalized spacial score (nSPS) is 17.0. The van der Waals surface area contributed by atoms with Crippen molar-refractivity contribution in [3.05, 3.63) is 29.6 Å². The highest BCUT2D eigenvalue weighted by Gasteiger charge is 2.27. The van der Waals surface area contributed by atoms with Crippen LogP contribution in [0, 0.1) is 11.7 Å². The molecular formula is C14H19ClFNO2S. The molecule has 0 saturated heterocycles. The Balaban J connectivity index is 2.26. The van der Waals surface area contributed by atoms with Crippen molar-refractivity contribution in [2.24, 2.45) is 5.92 Å². The molecule has 1 aliphatic carbocycles. The molecule has 1 aromatic rings. The standard InChI is InChI=1S/C14H19ClFNO2S/c1-17(10-11-4-2-3-5-11)20(18,19)14-8-13(16)7-6-12(14)9-15/h6-8,11H,2-5,9-10H2,1H3. The number of nitrogens with zero attached hydrogens (tertiary/aromatic N) is 1. The van der Waals surface area contributed by atoms with Gasteiger partial charge in [-0.05, 0) is 36.5 Å². The monoisotopic (exact) mass is 319 g/mol. The van der Waals surface area contributed by atoms with Crippen LogP contribution in [0.15, 0.2) is 23.1 Å². The average molecular weight is 320 g/mol. The number of benzene rings is 1. The second-order valence-corrected chi connectivity index (χ2v) is 7.60. The molecule has 0 N–H and O–H groups in total. The van der Waals surface area contributed by atoms with Crippen molar-refractivity contribution in [3.63, 3.8) is 0 Å². The Morgan fingerprint density at radius 2 is 2.00 bits per heavy atom. The van der Waals surface area contributed by atoms with Crippen molar-refractivity contribution in [2.75, 3.05) is 13.6 Å². The van der Waals surface area contributed by atoms with Gasteiger partial charge in [-0.3, -0.25) is 0 Å². The molecule has 20 heavy (non-hydrogen) atoms. The van der Waals surface area contributed by atoms with E-state index in [1.54, 1.807) is 7.05 Å². The molecule has 0 heterocycles. The summed E-state index contributed by atoms with van der Waals surface area (Å²) in [5.74, 6) is -0.110. The highest BCUT2D eigenvalue weighted by atomic mass is 35.5. The van der Waals surface area contributed by atoms with Crippen LogP contribution < -0.4 is 0 Å². The van der Waals surface area contributed by atoms with Gasteiger partial charge in [-0.1, -0.05) is 18.9 Å². The predicted molar refractivity (Wildman–Crippen MR) is 77.7 cm³/mol. The van der Waals surface area contributed by atoms with Gasteiger partial charge in [0, 0.05) is 19.5 Å². The van der Waals surface area contributed by atoms with Gasteiger partial charge in [0.15, 0.2) is 0 Å². The van der Waals surface area contributed by atoms with E-state index in [9.17, 15) is 12.8 Å². The van der Waals surface area contributed by atoms with Crippen molar-refractivity contribution >= 4 is 21.6 Å². The van der Waals surface area contributed by atoms with E-state index < -0.39 is 15.8 Å². The molecule has 112 valence electrons. The molecular weight excluding hydrogens is 301 g/mol. The molecule has 0 aliphatic heterocycles. The van der Waals surface area contributed by atoms with Crippen LogP contribution in [-0.2, 0) is 15.9 Å². The summed E-state index contributed by atoms with van der Waals surface area (Å²) in [4.78, 5) is -0.0204. The molecule has 2 rings (SSSR count). The van der Waals surface area contributed by atoms with E-state index in [1.165, 1.54) is 16.4 Å². The molecule has 0 bridgehead atoms. The van der Waals surface area contributed by atoms with Gasteiger partial charge >= 0.3 is 0 Å².